The van der Waals surface area contributed by atoms with Crippen LogP contribution in [0.3, 0.4) is 0 Å². The molecule has 0 aliphatic rings. The number of nitriles is 1. The first-order chi connectivity index (χ1) is 10.5. The van der Waals surface area contributed by atoms with Crippen molar-refractivity contribution in [1.82, 2.24) is 4.57 Å². The highest BCUT2D eigenvalue weighted by Crippen LogP contribution is 2.29. The van der Waals surface area contributed by atoms with Crippen LogP contribution in [0.1, 0.15) is 15.9 Å². The molecule has 0 atom stereocenters. The molecule has 0 unspecified atom stereocenters. The molecule has 0 fully saturated rings. The summed E-state index contributed by atoms with van der Waals surface area (Å²) in [7, 11) is 0. The highest BCUT2D eigenvalue weighted by molar-refractivity contribution is 5.92. The van der Waals surface area contributed by atoms with Crippen molar-refractivity contribution in [2.75, 3.05) is 0 Å². The second-order valence-corrected chi connectivity index (χ2v) is 4.73. The Bertz CT molecular complexity index is 951. The van der Waals surface area contributed by atoms with E-state index in [0.717, 1.165) is 0 Å². The van der Waals surface area contributed by atoms with Gasteiger partial charge >= 0.3 is 5.97 Å². The first kappa shape index (κ1) is 13.5. The van der Waals surface area contributed by atoms with E-state index >= 15 is 0 Å². The highest BCUT2D eigenvalue weighted by Gasteiger charge is 2.14. The molecule has 3 N–H and O–H groups in total. The van der Waals surface area contributed by atoms with Crippen LogP contribution < -0.4 is 0 Å². The van der Waals surface area contributed by atoms with E-state index in [1.165, 1.54) is 30.3 Å². The highest BCUT2D eigenvalue weighted by atomic mass is 16.4. The smallest absolute Gasteiger partial charge is 0.339 e. The van der Waals surface area contributed by atoms with Crippen molar-refractivity contribution >= 4 is 16.9 Å². The molecule has 0 aliphatic heterocycles. The molecule has 0 radical (unpaired) electrons. The first-order valence-corrected chi connectivity index (χ1v) is 6.32. The van der Waals surface area contributed by atoms with Crippen molar-refractivity contribution in [3.63, 3.8) is 0 Å². The maximum absolute atomic E-state index is 10.9. The van der Waals surface area contributed by atoms with Gasteiger partial charge in [0.1, 0.15) is 23.1 Å². The molecule has 108 valence electrons. The fraction of sp³-hybridized carbons (Fsp3) is 0. The molecule has 3 rings (SSSR count). The van der Waals surface area contributed by atoms with Crippen LogP contribution in [0.5, 0.6) is 11.5 Å². The van der Waals surface area contributed by atoms with Gasteiger partial charge in [-0.05, 0) is 24.3 Å². The fourth-order valence-electron chi connectivity index (χ4n) is 2.37. The topological polar surface area (TPSA) is 106 Å². The lowest BCUT2D eigenvalue weighted by Gasteiger charge is -2.07. The Balaban J connectivity index is 2.27. The fourth-order valence-corrected chi connectivity index (χ4v) is 2.37. The number of nitrogens with zero attached hydrogens (tertiary/aromatic N) is 2. The van der Waals surface area contributed by atoms with Crippen molar-refractivity contribution in [2.45, 2.75) is 0 Å². The Morgan fingerprint density at radius 3 is 2.55 bits per heavy atom. The summed E-state index contributed by atoms with van der Waals surface area (Å²) < 4.78 is 1.61. The Kier molecular flexibility index (Phi) is 2.96. The van der Waals surface area contributed by atoms with E-state index in [9.17, 15) is 20.3 Å². The Morgan fingerprint density at radius 1 is 1.14 bits per heavy atom. The molecule has 0 spiro atoms. The average Bonchev–Trinajstić information content (AvgIpc) is 2.84. The normalized spacial score (nSPS) is 10.5. The van der Waals surface area contributed by atoms with Gasteiger partial charge in [-0.25, -0.2) is 4.79 Å². The van der Waals surface area contributed by atoms with E-state index in [0.29, 0.717) is 22.2 Å². The molecule has 1 heterocycles. The number of phenols is 2. The molecule has 2 aromatic carbocycles. The van der Waals surface area contributed by atoms with Gasteiger partial charge in [0.15, 0.2) is 0 Å². The van der Waals surface area contributed by atoms with Crippen molar-refractivity contribution in [1.29, 1.82) is 5.26 Å². The molecule has 0 amide bonds. The molecule has 0 bridgehead atoms. The van der Waals surface area contributed by atoms with E-state index in [4.69, 9.17) is 5.11 Å². The zero-order valence-electron chi connectivity index (χ0n) is 11.2. The Morgan fingerprint density at radius 2 is 1.91 bits per heavy atom. The summed E-state index contributed by atoms with van der Waals surface area (Å²) in [6, 6.07) is 10.8. The van der Waals surface area contributed by atoms with Crippen molar-refractivity contribution in [2.24, 2.45) is 0 Å². The summed E-state index contributed by atoms with van der Waals surface area (Å²) in [6.45, 7) is 0. The zero-order valence-corrected chi connectivity index (χ0v) is 11.2. The summed E-state index contributed by atoms with van der Waals surface area (Å²) >= 11 is 0. The van der Waals surface area contributed by atoms with E-state index in [-0.39, 0.29) is 17.1 Å². The summed E-state index contributed by atoms with van der Waals surface area (Å²) in [4.78, 5) is 10.9. The Hall–Kier alpha value is -3.46. The van der Waals surface area contributed by atoms with E-state index in [1.807, 2.05) is 0 Å². The third-order valence-electron chi connectivity index (χ3n) is 3.40. The lowest BCUT2D eigenvalue weighted by atomic mass is 10.1. The molecule has 0 saturated carbocycles. The molecular weight excluding hydrogens is 284 g/mol. The Labute approximate surface area is 124 Å². The summed E-state index contributed by atoms with van der Waals surface area (Å²) in [5.41, 5.74) is 1.28. The molecule has 0 aliphatic carbocycles. The minimum absolute atomic E-state index is 0.0442. The monoisotopic (exact) mass is 294 g/mol. The standard InChI is InChI=1S/C16H10N2O4/c17-7-9-8-18(14-6-11(19)2-4-12(9)14)10-1-3-13(16(21)22)15(20)5-10/h1-6,8,19-20H,(H,21,22). The number of carboxylic acid groups (broad SMARTS) is 1. The molecule has 22 heavy (non-hydrogen) atoms. The maximum atomic E-state index is 10.9. The number of carboxylic acids is 1. The van der Waals surface area contributed by atoms with Gasteiger partial charge in [-0.1, -0.05) is 0 Å². The SMILES string of the molecule is N#Cc1cn(-c2ccc(C(=O)O)c(O)c2)c2cc(O)ccc12. The van der Waals surface area contributed by atoms with Crippen LogP contribution >= 0.6 is 0 Å². The molecule has 1 aromatic heterocycles. The van der Waals surface area contributed by atoms with Crippen LogP contribution in [0.4, 0.5) is 0 Å². The van der Waals surface area contributed by atoms with Crippen molar-refractivity contribution in [3.05, 3.63) is 53.7 Å². The minimum Gasteiger partial charge on any atom is -0.508 e. The van der Waals surface area contributed by atoms with E-state index in [1.54, 1.807) is 16.8 Å². The lowest BCUT2D eigenvalue weighted by Crippen LogP contribution is -1.98. The number of hydrogen-bond donors (Lipinski definition) is 3. The van der Waals surface area contributed by atoms with Gasteiger partial charge in [0.05, 0.1) is 11.1 Å². The van der Waals surface area contributed by atoms with Crippen LogP contribution in [0, 0.1) is 11.3 Å². The third-order valence-corrected chi connectivity index (χ3v) is 3.40. The summed E-state index contributed by atoms with van der Waals surface area (Å²) in [5.74, 6) is -1.55. The van der Waals surface area contributed by atoms with E-state index in [2.05, 4.69) is 6.07 Å². The van der Waals surface area contributed by atoms with Gasteiger partial charge in [0, 0.05) is 29.4 Å². The zero-order chi connectivity index (χ0) is 15.9. The lowest BCUT2D eigenvalue weighted by molar-refractivity contribution is 0.0694. The number of phenolic OH excluding ortho intramolecular Hbond substituents is 1. The van der Waals surface area contributed by atoms with Gasteiger partial charge in [0.2, 0.25) is 0 Å². The van der Waals surface area contributed by atoms with Crippen LogP contribution in [-0.2, 0) is 0 Å². The van der Waals surface area contributed by atoms with Crippen molar-refractivity contribution < 1.29 is 20.1 Å². The van der Waals surface area contributed by atoms with Gasteiger partial charge < -0.3 is 19.9 Å². The van der Waals surface area contributed by atoms with Gasteiger partial charge in [-0.2, -0.15) is 5.26 Å². The van der Waals surface area contributed by atoms with Crippen LogP contribution in [0.15, 0.2) is 42.6 Å². The van der Waals surface area contributed by atoms with E-state index < -0.39 is 5.97 Å². The molecule has 0 saturated heterocycles. The molecule has 3 aromatic rings. The number of rotatable bonds is 2. The van der Waals surface area contributed by atoms with Gasteiger partial charge in [-0.15, -0.1) is 0 Å². The molecule has 6 heteroatoms. The van der Waals surface area contributed by atoms with Crippen molar-refractivity contribution in [3.8, 4) is 23.3 Å². The largest absolute Gasteiger partial charge is 0.508 e. The molecule has 6 nitrogen and oxygen atoms in total. The average molecular weight is 294 g/mol. The second kappa shape index (κ2) is 4.82. The quantitative estimate of drug-likeness (QED) is 0.673. The van der Waals surface area contributed by atoms with Gasteiger partial charge in [-0.3, -0.25) is 0 Å². The number of aromatic nitrogens is 1. The summed E-state index contributed by atoms with van der Waals surface area (Å²) in [6.07, 6.45) is 1.57. The number of carbonyl (C=O) groups is 1. The number of aromatic carboxylic acids is 1. The van der Waals surface area contributed by atoms with Crippen LogP contribution in [-0.4, -0.2) is 25.9 Å². The first-order valence-electron chi connectivity index (χ1n) is 6.32. The predicted octanol–water partition coefficient (Wildman–Crippen LogP) is 2.61. The second-order valence-electron chi connectivity index (χ2n) is 4.73. The van der Waals surface area contributed by atoms with Gasteiger partial charge in [0.25, 0.3) is 0 Å². The number of benzene rings is 2. The predicted molar refractivity (Wildman–Crippen MR) is 78.3 cm³/mol. The minimum atomic E-state index is -1.23. The maximum Gasteiger partial charge on any atom is 0.339 e. The summed E-state index contributed by atoms with van der Waals surface area (Å²) in [5, 5.41) is 38.2. The van der Waals surface area contributed by atoms with Crippen LogP contribution in [0.25, 0.3) is 16.6 Å². The number of fused-ring (bicyclic) bond motifs is 1. The molecular formula is C16H10N2O4. The van der Waals surface area contributed by atoms with Crippen LogP contribution in [0.2, 0.25) is 0 Å². The third kappa shape index (κ3) is 2.01. The number of aromatic hydroxyl groups is 2. The number of hydrogen-bond acceptors (Lipinski definition) is 4.